The van der Waals surface area contributed by atoms with Gasteiger partial charge in [-0.25, -0.2) is 9.97 Å². The monoisotopic (exact) mass is 543 g/mol. The lowest BCUT2D eigenvalue weighted by molar-refractivity contribution is -0.385. The van der Waals surface area contributed by atoms with Gasteiger partial charge >= 0.3 is 0 Å². The average molecular weight is 544 g/mol. The number of nitrogens with one attached hydrogen (secondary N) is 2. The number of carbonyl (C=O) groups excluding carboxylic acids is 1. The van der Waals surface area contributed by atoms with Crippen LogP contribution < -0.4 is 10.6 Å². The molecule has 0 radical (unpaired) electrons. The zero-order valence-corrected chi connectivity index (χ0v) is 21.4. The van der Waals surface area contributed by atoms with E-state index in [4.69, 9.17) is 12.2 Å². The van der Waals surface area contributed by atoms with Crippen LogP contribution in [0.15, 0.2) is 100 Å². The summed E-state index contributed by atoms with van der Waals surface area (Å²) in [6.07, 6.45) is 1.55. The van der Waals surface area contributed by atoms with E-state index in [0.29, 0.717) is 5.69 Å². The molecule has 0 saturated heterocycles. The molecule has 0 fully saturated rings. The Hall–Kier alpha value is -4.19. The minimum absolute atomic E-state index is 0.0181. The molecule has 5 aromatic rings. The molecule has 8 nitrogen and oxygen atoms in total. The number of thiocarbonyl (C=S) groups is 1. The van der Waals surface area contributed by atoms with Crippen molar-refractivity contribution < 1.29 is 9.72 Å². The number of fused-ring (bicyclic) bond motifs is 1. The first-order chi connectivity index (χ1) is 18.0. The molecule has 2 N–H and O–H groups in total. The van der Waals surface area contributed by atoms with Gasteiger partial charge in [-0.15, -0.1) is 11.3 Å². The summed E-state index contributed by atoms with van der Waals surface area (Å²) in [6, 6.07) is 23.3. The smallest absolute Gasteiger partial charge is 0.282 e. The van der Waals surface area contributed by atoms with Crippen LogP contribution in [0, 0.1) is 10.1 Å². The van der Waals surface area contributed by atoms with Crippen LogP contribution >= 0.6 is 35.3 Å². The van der Waals surface area contributed by atoms with Crippen LogP contribution in [0.4, 0.5) is 11.4 Å². The number of amides is 1. The number of nitrogens with zero attached hydrogens (tertiary/aromatic N) is 3. The lowest BCUT2D eigenvalue weighted by Crippen LogP contribution is -2.34. The maximum Gasteiger partial charge on any atom is 0.282 e. The van der Waals surface area contributed by atoms with E-state index in [9.17, 15) is 14.9 Å². The first-order valence-corrected chi connectivity index (χ1v) is 13.0. The fraction of sp³-hybridized carbons (Fsp3) is 0. The Morgan fingerprint density at radius 3 is 2.51 bits per heavy atom. The highest BCUT2D eigenvalue weighted by Gasteiger charge is 2.20. The number of nitro benzene ring substituents is 1. The standard InChI is InChI=1S/C26H17N5O3S3/c32-23(17-10-4-6-12-20(17)31(33)34)30-26(35)29-19-11-5-7-13-21(19)37-25-22-18(16-8-2-1-3-9-16)14-36-24(22)27-15-28-25/h1-15H,(H2,29,30,32,35). The highest BCUT2D eigenvalue weighted by atomic mass is 32.2. The molecule has 0 spiro atoms. The predicted molar refractivity (Wildman–Crippen MR) is 150 cm³/mol. The van der Waals surface area contributed by atoms with Crippen molar-refractivity contribution >= 4 is 67.9 Å². The molecule has 11 heteroatoms. The SMILES string of the molecule is O=C(NC(=S)Nc1ccccc1Sc1ncnc2scc(-c3ccccc3)c12)c1ccccc1[N+](=O)[O-]. The van der Waals surface area contributed by atoms with Crippen LogP contribution in [0.25, 0.3) is 21.3 Å². The van der Waals surface area contributed by atoms with Crippen molar-refractivity contribution in [3.8, 4) is 11.1 Å². The second-order valence-corrected chi connectivity index (χ2v) is 9.95. The van der Waals surface area contributed by atoms with Gasteiger partial charge in [-0.2, -0.15) is 0 Å². The van der Waals surface area contributed by atoms with Crippen LogP contribution in [-0.2, 0) is 0 Å². The summed E-state index contributed by atoms with van der Waals surface area (Å²) < 4.78 is 0. The third-order valence-corrected chi connectivity index (χ3v) is 7.50. The molecule has 182 valence electrons. The largest absolute Gasteiger partial charge is 0.331 e. The van der Waals surface area contributed by atoms with Gasteiger partial charge in [0.2, 0.25) is 0 Å². The number of carbonyl (C=O) groups is 1. The number of rotatable bonds is 6. The van der Waals surface area contributed by atoms with Crippen LogP contribution in [0.2, 0.25) is 0 Å². The number of hydrogen-bond acceptors (Lipinski definition) is 8. The molecule has 0 atom stereocenters. The number of benzene rings is 3. The third-order valence-electron chi connectivity index (χ3n) is 5.33. The molecule has 5 rings (SSSR count). The number of aromatic nitrogens is 2. The summed E-state index contributed by atoms with van der Waals surface area (Å²) in [5.74, 6) is -0.668. The summed E-state index contributed by atoms with van der Waals surface area (Å²) >= 11 is 8.36. The maximum absolute atomic E-state index is 12.7. The normalized spacial score (nSPS) is 10.7. The second-order valence-electron chi connectivity index (χ2n) is 7.66. The van der Waals surface area contributed by atoms with Crippen LogP contribution in [0.5, 0.6) is 0 Å². The Kier molecular flexibility index (Phi) is 7.17. The van der Waals surface area contributed by atoms with Crippen LogP contribution in [0.3, 0.4) is 0 Å². The van der Waals surface area contributed by atoms with E-state index in [0.717, 1.165) is 31.3 Å². The van der Waals surface area contributed by atoms with Crippen molar-refractivity contribution in [2.45, 2.75) is 9.92 Å². The molecule has 0 unspecified atom stereocenters. The Labute approximate surface area is 224 Å². The van der Waals surface area contributed by atoms with E-state index in [-0.39, 0.29) is 16.4 Å². The quantitative estimate of drug-likeness (QED) is 0.107. The Morgan fingerprint density at radius 2 is 1.70 bits per heavy atom. The summed E-state index contributed by atoms with van der Waals surface area (Å²) in [6.45, 7) is 0. The Bertz CT molecular complexity index is 1640. The highest BCUT2D eigenvalue weighted by molar-refractivity contribution is 7.99. The fourth-order valence-electron chi connectivity index (χ4n) is 3.67. The zero-order chi connectivity index (χ0) is 25.8. The van der Waals surface area contributed by atoms with E-state index >= 15 is 0 Å². The van der Waals surface area contributed by atoms with Crippen molar-refractivity contribution in [1.82, 2.24) is 15.3 Å². The molecule has 3 aromatic carbocycles. The summed E-state index contributed by atoms with van der Waals surface area (Å²) in [5.41, 5.74) is 2.42. The second kappa shape index (κ2) is 10.8. The van der Waals surface area contributed by atoms with E-state index in [1.165, 1.54) is 30.0 Å². The van der Waals surface area contributed by atoms with Gasteiger partial charge in [-0.3, -0.25) is 20.2 Å². The molecule has 2 aromatic heterocycles. The van der Waals surface area contributed by atoms with Crippen molar-refractivity contribution in [3.05, 3.63) is 106 Å². The number of anilines is 1. The lowest BCUT2D eigenvalue weighted by Gasteiger charge is -2.13. The summed E-state index contributed by atoms with van der Waals surface area (Å²) in [7, 11) is 0. The van der Waals surface area contributed by atoms with Gasteiger partial charge in [0.15, 0.2) is 5.11 Å². The Morgan fingerprint density at radius 1 is 0.973 bits per heavy atom. The van der Waals surface area contributed by atoms with Crippen LogP contribution in [0.1, 0.15) is 10.4 Å². The van der Waals surface area contributed by atoms with Gasteiger partial charge in [-0.05, 0) is 36.0 Å². The molecule has 0 aliphatic rings. The minimum atomic E-state index is -0.668. The van der Waals surface area contributed by atoms with E-state index in [1.807, 2.05) is 42.5 Å². The van der Waals surface area contributed by atoms with Gasteiger partial charge in [-0.1, -0.05) is 66.4 Å². The molecule has 2 heterocycles. The third kappa shape index (κ3) is 5.33. The molecular weight excluding hydrogens is 527 g/mol. The molecular formula is C26H17N5O3S3. The first-order valence-electron chi connectivity index (χ1n) is 10.9. The summed E-state index contributed by atoms with van der Waals surface area (Å²) in [4.78, 5) is 34.1. The fourth-order valence-corrected chi connectivity index (χ4v) is 5.84. The predicted octanol–water partition coefficient (Wildman–Crippen LogP) is 6.54. The first kappa shape index (κ1) is 24.5. The number of nitro groups is 1. The molecule has 1 amide bonds. The Balaban J connectivity index is 1.40. The lowest BCUT2D eigenvalue weighted by atomic mass is 10.1. The van der Waals surface area contributed by atoms with Gasteiger partial charge in [0.1, 0.15) is 21.7 Å². The van der Waals surface area contributed by atoms with Gasteiger partial charge in [0, 0.05) is 21.9 Å². The number of hydrogen-bond donors (Lipinski definition) is 2. The van der Waals surface area contributed by atoms with Gasteiger partial charge in [0.25, 0.3) is 11.6 Å². The van der Waals surface area contributed by atoms with E-state index < -0.39 is 10.8 Å². The van der Waals surface area contributed by atoms with E-state index in [2.05, 4.69) is 38.1 Å². The van der Waals surface area contributed by atoms with E-state index in [1.54, 1.807) is 23.7 Å². The van der Waals surface area contributed by atoms with Crippen LogP contribution in [-0.4, -0.2) is 25.9 Å². The number of thiophene rings is 1. The van der Waals surface area contributed by atoms with Crippen molar-refractivity contribution in [2.75, 3.05) is 5.32 Å². The van der Waals surface area contributed by atoms with Crippen molar-refractivity contribution in [3.63, 3.8) is 0 Å². The molecule has 0 aliphatic carbocycles. The minimum Gasteiger partial charge on any atom is -0.331 e. The molecule has 0 aliphatic heterocycles. The van der Waals surface area contributed by atoms with Gasteiger partial charge < -0.3 is 5.32 Å². The van der Waals surface area contributed by atoms with Crippen molar-refractivity contribution in [2.24, 2.45) is 0 Å². The highest BCUT2D eigenvalue weighted by Crippen LogP contribution is 2.41. The maximum atomic E-state index is 12.7. The molecule has 0 saturated carbocycles. The zero-order valence-electron chi connectivity index (χ0n) is 19.0. The molecule has 0 bridgehead atoms. The van der Waals surface area contributed by atoms with Gasteiger partial charge in [0.05, 0.1) is 16.0 Å². The average Bonchev–Trinajstić information content (AvgIpc) is 3.35. The topological polar surface area (TPSA) is 110 Å². The van der Waals surface area contributed by atoms with Crippen molar-refractivity contribution in [1.29, 1.82) is 0 Å². The summed E-state index contributed by atoms with van der Waals surface area (Å²) in [5, 5.41) is 20.7. The molecule has 37 heavy (non-hydrogen) atoms. The number of para-hydroxylation sites is 2.